The minimum atomic E-state index is -1.47. The van der Waals surface area contributed by atoms with Gasteiger partial charge >= 0.3 is 5.97 Å². The van der Waals surface area contributed by atoms with E-state index in [0.29, 0.717) is 30.6 Å². The Bertz CT molecular complexity index is 1910. The highest BCUT2D eigenvalue weighted by molar-refractivity contribution is 5.97. The van der Waals surface area contributed by atoms with Crippen LogP contribution in [0.4, 0.5) is 0 Å². The van der Waals surface area contributed by atoms with E-state index in [4.69, 9.17) is 10.7 Å². The van der Waals surface area contributed by atoms with Gasteiger partial charge in [0.25, 0.3) is 5.91 Å². The Labute approximate surface area is 284 Å². The van der Waals surface area contributed by atoms with Gasteiger partial charge in [-0.25, -0.2) is 4.98 Å². The number of carboxylic acid groups (broad SMARTS) is 1. The zero-order valence-corrected chi connectivity index (χ0v) is 27.2. The van der Waals surface area contributed by atoms with Crippen molar-refractivity contribution in [3.63, 3.8) is 0 Å². The number of hydrogen-bond donors (Lipinski definition) is 6. The molecule has 6 rings (SSSR count). The second kappa shape index (κ2) is 15.2. The number of carbonyl (C=O) groups is 3. The fraction of sp³-hybridized carbons (Fsp3) is 0.289. The van der Waals surface area contributed by atoms with Crippen molar-refractivity contribution in [3.05, 3.63) is 131 Å². The Morgan fingerprint density at radius 2 is 1.78 bits per heavy atom. The number of nitrogens with zero attached hydrogens (tertiary/aromatic N) is 2. The van der Waals surface area contributed by atoms with Crippen LogP contribution >= 0.6 is 0 Å². The molecule has 0 bridgehead atoms. The molecule has 2 aromatic heterocycles. The van der Waals surface area contributed by atoms with E-state index in [9.17, 15) is 19.5 Å². The van der Waals surface area contributed by atoms with Gasteiger partial charge in [-0.3, -0.25) is 24.7 Å². The standard InChI is InChI=1S/C38H41N7O4/c39-36(48)34(30-12-3-8-26-7-1-2-11-29(26)30)38(19-5-14-33(46)47,44-31-13-4-9-27-10-6-20-43-35(27)31)45-37(49)28-17-15-25(16-18-28)23-40-24-32-41-21-22-42-32/h1-3,6-8,10-12,15-18,20-22,31,34,40,44H,4-5,9,13-14,19,23-24H2,(H2,39,48)(H,41,42)(H,45,49)(H,46,47). The molecule has 5 aromatic rings. The van der Waals surface area contributed by atoms with Crippen LogP contribution in [0.25, 0.3) is 10.8 Å². The molecular formula is C38H41N7O4. The lowest BCUT2D eigenvalue weighted by molar-refractivity contribution is -0.137. The first-order chi connectivity index (χ1) is 23.8. The lowest BCUT2D eigenvalue weighted by Crippen LogP contribution is -2.65. The van der Waals surface area contributed by atoms with Crippen molar-refractivity contribution in [2.45, 2.75) is 69.2 Å². The number of amides is 2. The number of primary amides is 1. The summed E-state index contributed by atoms with van der Waals surface area (Å²) in [5.41, 5.74) is 8.79. The highest BCUT2D eigenvalue weighted by Crippen LogP contribution is 2.39. The third-order valence-electron chi connectivity index (χ3n) is 9.23. The van der Waals surface area contributed by atoms with E-state index in [1.165, 1.54) is 0 Å². The average Bonchev–Trinajstić information content (AvgIpc) is 3.62. The van der Waals surface area contributed by atoms with Gasteiger partial charge in [0.2, 0.25) is 5.91 Å². The maximum absolute atomic E-state index is 14.3. The number of imidazole rings is 1. The zero-order chi connectivity index (χ0) is 34.2. The van der Waals surface area contributed by atoms with Crippen LogP contribution in [0, 0.1) is 0 Å². The molecule has 252 valence electrons. The second-order valence-electron chi connectivity index (χ2n) is 12.5. The van der Waals surface area contributed by atoms with E-state index in [2.05, 4.69) is 25.9 Å². The number of carboxylic acids is 1. The average molecular weight is 660 g/mol. The molecule has 3 atom stereocenters. The molecule has 11 nitrogen and oxygen atoms in total. The number of fused-ring (bicyclic) bond motifs is 2. The number of nitrogens with two attached hydrogens (primary N) is 1. The summed E-state index contributed by atoms with van der Waals surface area (Å²) >= 11 is 0. The number of aromatic amines is 1. The summed E-state index contributed by atoms with van der Waals surface area (Å²) in [6, 6.07) is 24.3. The first-order valence-electron chi connectivity index (χ1n) is 16.6. The van der Waals surface area contributed by atoms with E-state index in [1.54, 1.807) is 30.7 Å². The van der Waals surface area contributed by atoms with Gasteiger partial charge in [0, 0.05) is 37.1 Å². The lowest BCUT2D eigenvalue weighted by Gasteiger charge is -2.45. The van der Waals surface area contributed by atoms with Crippen molar-refractivity contribution in [3.8, 4) is 0 Å². The van der Waals surface area contributed by atoms with Gasteiger partial charge in [-0.15, -0.1) is 0 Å². The van der Waals surface area contributed by atoms with Crippen LogP contribution in [-0.4, -0.2) is 43.5 Å². The number of aryl methyl sites for hydroxylation is 1. The Kier molecular flexibility index (Phi) is 10.4. The van der Waals surface area contributed by atoms with Gasteiger partial charge in [0.05, 0.1) is 24.2 Å². The molecular weight excluding hydrogens is 618 g/mol. The molecule has 0 saturated carbocycles. The number of carbonyl (C=O) groups excluding carboxylic acids is 2. The summed E-state index contributed by atoms with van der Waals surface area (Å²) in [5, 5.41) is 21.6. The Hall–Kier alpha value is -5.39. The Morgan fingerprint density at radius 3 is 2.55 bits per heavy atom. The van der Waals surface area contributed by atoms with Crippen LogP contribution in [0.3, 0.4) is 0 Å². The fourth-order valence-electron chi connectivity index (χ4n) is 6.98. The van der Waals surface area contributed by atoms with E-state index >= 15 is 0 Å². The number of hydrogen-bond acceptors (Lipinski definition) is 7. The topological polar surface area (TPSA) is 175 Å². The molecule has 0 aliphatic heterocycles. The van der Waals surface area contributed by atoms with Gasteiger partial charge in [-0.05, 0) is 77.8 Å². The monoisotopic (exact) mass is 659 g/mol. The van der Waals surface area contributed by atoms with Crippen LogP contribution < -0.4 is 21.7 Å². The molecule has 11 heteroatoms. The van der Waals surface area contributed by atoms with Crippen LogP contribution in [0.15, 0.2) is 97.5 Å². The maximum Gasteiger partial charge on any atom is 0.303 e. The molecule has 1 aliphatic rings. The number of benzene rings is 3. The molecule has 0 radical (unpaired) electrons. The first kappa shape index (κ1) is 33.5. The van der Waals surface area contributed by atoms with Crippen molar-refractivity contribution < 1.29 is 19.5 Å². The number of aliphatic carboxylic acids is 1. The van der Waals surface area contributed by atoms with Crippen molar-refractivity contribution >= 4 is 28.6 Å². The van der Waals surface area contributed by atoms with E-state index in [1.807, 2.05) is 66.7 Å². The normalized spacial score (nSPS) is 16.0. The summed E-state index contributed by atoms with van der Waals surface area (Å²) < 4.78 is 0. The smallest absolute Gasteiger partial charge is 0.303 e. The Balaban J connectivity index is 1.39. The quantitative estimate of drug-likeness (QED) is 0.0864. The van der Waals surface area contributed by atoms with Crippen LogP contribution in [0.1, 0.15) is 82.6 Å². The van der Waals surface area contributed by atoms with E-state index < -0.39 is 29.4 Å². The highest BCUT2D eigenvalue weighted by Gasteiger charge is 2.47. The van der Waals surface area contributed by atoms with Crippen LogP contribution in [-0.2, 0) is 29.1 Å². The largest absolute Gasteiger partial charge is 0.481 e. The lowest BCUT2D eigenvalue weighted by atomic mass is 9.78. The summed E-state index contributed by atoms with van der Waals surface area (Å²) in [7, 11) is 0. The summed E-state index contributed by atoms with van der Waals surface area (Å²) in [5.74, 6) is -2.26. The van der Waals surface area contributed by atoms with Crippen LogP contribution in [0.5, 0.6) is 0 Å². The highest BCUT2D eigenvalue weighted by atomic mass is 16.4. The Morgan fingerprint density at radius 1 is 0.959 bits per heavy atom. The van der Waals surface area contributed by atoms with Gasteiger partial charge in [-0.1, -0.05) is 60.7 Å². The minimum absolute atomic E-state index is 0.120. The fourth-order valence-corrected chi connectivity index (χ4v) is 6.98. The van der Waals surface area contributed by atoms with E-state index in [0.717, 1.165) is 46.3 Å². The molecule has 3 aromatic carbocycles. The van der Waals surface area contributed by atoms with Crippen molar-refractivity contribution in [1.82, 2.24) is 30.9 Å². The molecule has 49 heavy (non-hydrogen) atoms. The molecule has 2 amide bonds. The van der Waals surface area contributed by atoms with Gasteiger partial charge in [-0.2, -0.15) is 0 Å². The van der Waals surface area contributed by atoms with E-state index in [-0.39, 0.29) is 25.3 Å². The predicted molar refractivity (Wildman–Crippen MR) is 186 cm³/mol. The van der Waals surface area contributed by atoms with Crippen molar-refractivity contribution in [2.24, 2.45) is 5.73 Å². The second-order valence-corrected chi connectivity index (χ2v) is 12.5. The number of pyridine rings is 1. The molecule has 0 saturated heterocycles. The molecule has 0 fully saturated rings. The zero-order valence-electron chi connectivity index (χ0n) is 27.2. The van der Waals surface area contributed by atoms with Crippen molar-refractivity contribution in [1.29, 1.82) is 0 Å². The maximum atomic E-state index is 14.3. The number of rotatable bonds is 15. The summed E-state index contributed by atoms with van der Waals surface area (Å²) in [6.07, 6.45) is 7.81. The molecule has 1 aliphatic carbocycles. The summed E-state index contributed by atoms with van der Waals surface area (Å²) in [6.45, 7) is 1.14. The SMILES string of the molecule is NC(=O)C(c1cccc2ccccc12)C(CCCC(=O)O)(NC(=O)c1ccc(CNCc2ncc[nH]2)cc1)NC1CCCc2cccnc21. The van der Waals surface area contributed by atoms with Crippen molar-refractivity contribution in [2.75, 3.05) is 0 Å². The predicted octanol–water partition coefficient (Wildman–Crippen LogP) is 4.87. The number of nitrogens with one attached hydrogen (secondary N) is 4. The van der Waals surface area contributed by atoms with Gasteiger partial charge in [0.1, 0.15) is 11.5 Å². The molecule has 3 unspecified atom stereocenters. The number of aromatic nitrogens is 3. The molecule has 0 spiro atoms. The van der Waals surface area contributed by atoms with Crippen LogP contribution in [0.2, 0.25) is 0 Å². The third-order valence-corrected chi connectivity index (χ3v) is 9.23. The summed E-state index contributed by atoms with van der Waals surface area (Å²) in [4.78, 5) is 51.9. The molecule has 7 N–H and O–H groups in total. The number of H-pyrrole nitrogens is 1. The van der Waals surface area contributed by atoms with Gasteiger partial charge < -0.3 is 26.5 Å². The first-order valence-corrected chi connectivity index (χ1v) is 16.6. The molecule has 2 heterocycles. The third kappa shape index (κ3) is 7.85. The van der Waals surface area contributed by atoms with Gasteiger partial charge in [0.15, 0.2) is 0 Å². The minimum Gasteiger partial charge on any atom is -0.481 e.